The van der Waals surface area contributed by atoms with Crippen molar-refractivity contribution in [3.05, 3.63) is 77.5 Å². The average molecular weight is 578 g/mol. The third kappa shape index (κ3) is 5.75. The second-order valence-electron chi connectivity index (χ2n) is 11.7. The van der Waals surface area contributed by atoms with Crippen molar-refractivity contribution in [2.24, 2.45) is 0 Å². The maximum Gasteiger partial charge on any atom is 0.256 e. The van der Waals surface area contributed by atoms with Crippen molar-refractivity contribution in [1.82, 2.24) is 24.7 Å². The van der Waals surface area contributed by atoms with E-state index in [9.17, 15) is 9.59 Å². The molecule has 3 aliphatic rings. The summed E-state index contributed by atoms with van der Waals surface area (Å²) in [7, 11) is 0. The van der Waals surface area contributed by atoms with E-state index >= 15 is 0 Å². The van der Waals surface area contributed by atoms with Gasteiger partial charge in [0.1, 0.15) is 28.7 Å². The second-order valence-corrected chi connectivity index (χ2v) is 11.7. The molecule has 2 atom stereocenters. The quantitative estimate of drug-likeness (QED) is 0.308. The number of nitrogens with one attached hydrogen (secondary N) is 2. The lowest BCUT2D eigenvalue weighted by Gasteiger charge is -2.14. The summed E-state index contributed by atoms with van der Waals surface area (Å²) >= 11 is 0. The fourth-order valence-corrected chi connectivity index (χ4v) is 6.21. The van der Waals surface area contributed by atoms with Gasteiger partial charge >= 0.3 is 0 Å². The van der Waals surface area contributed by atoms with E-state index < -0.39 is 0 Å². The molecular weight excluding hydrogens is 542 g/mol. The van der Waals surface area contributed by atoms with Crippen LogP contribution in [0.1, 0.15) is 84.2 Å². The van der Waals surface area contributed by atoms with Crippen LogP contribution in [0.25, 0.3) is 22.9 Å². The van der Waals surface area contributed by atoms with Gasteiger partial charge in [-0.1, -0.05) is 18.2 Å². The first-order valence-electron chi connectivity index (χ1n) is 15.1. The van der Waals surface area contributed by atoms with Gasteiger partial charge in [-0.05, 0) is 80.3 Å². The lowest BCUT2D eigenvalue weighted by atomic mass is 10.1. The Morgan fingerprint density at radius 2 is 1.88 bits per heavy atom. The SMILES string of the molecule is Nc1ncc2n3c(nc(-c4ccc(C(=O)Nc5cc(C6CC6)ccn5)cc4)c13)[C@@H]1CC[C@H](C1)NC(=O)CCOCC/C=C/2. The summed E-state index contributed by atoms with van der Waals surface area (Å²) in [5, 5.41) is 6.11. The minimum Gasteiger partial charge on any atom is -0.382 e. The Kier molecular flexibility index (Phi) is 7.36. The molecule has 2 aliphatic carbocycles. The predicted octanol–water partition coefficient (Wildman–Crippen LogP) is 5.08. The van der Waals surface area contributed by atoms with Gasteiger partial charge in [0.15, 0.2) is 0 Å². The number of carbonyl (C=O) groups is 2. The molecule has 2 fully saturated rings. The summed E-state index contributed by atoms with van der Waals surface area (Å²) in [5.74, 6) is 2.39. The summed E-state index contributed by atoms with van der Waals surface area (Å²) < 4.78 is 7.77. The molecule has 4 heterocycles. The lowest BCUT2D eigenvalue weighted by molar-refractivity contribution is -0.122. The molecule has 43 heavy (non-hydrogen) atoms. The highest BCUT2D eigenvalue weighted by molar-refractivity contribution is 6.04. The Morgan fingerprint density at radius 3 is 2.72 bits per heavy atom. The fourth-order valence-electron chi connectivity index (χ4n) is 6.21. The zero-order valence-electron chi connectivity index (χ0n) is 24.0. The summed E-state index contributed by atoms with van der Waals surface area (Å²) in [5.41, 5.74) is 11.4. The topological polar surface area (TPSA) is 137 Å². The zero-order valence-corrected chi connectivity index (χ0v) is 24.0. The van der Waals surface area contributed by atoms with Gasteiger partial charge < -0.3 is 21.1 Å². The number of aromatic nitrogens is 4. The Bertz CT molecular complexity index is 1710. The second kappa shape index (κ2) is 11.6. The van der Waals surface area contributed by atoms with Gasteiger partial charge in [0.2, 0.25) is 5.91 Å². The van der Waals surface area contributed by atoms with E-state index in [4.69, 9.17) is 15.5 Å². The van der Waals surface area contributed by atoms with Crippen LogP contribution in [0.5, 0.6) is 0 Å². The Hall–Kier alpha value is -4.57. The third-order valence-electron chi connectivity index (χ3n) is 8.59. The number of nitrogens with zero attached hydrogens (tertiary/aromatic N) is 4. The predicted molar refractivity (Wildman–Crippen MR) is 165 cm³/mol. The number of hydrogen-bond acceptors (Lipinski definition) is 7. The van der Waals surface area contributed by atoms with E-state index in [1.807, 2.05) is 30.3 Å². The maximum atomic E-state index is 13.1. The van der Waals surface area contributed by atoms with Crippen LogP contribution in [0.15, 0.2) is 54.9 Å². The number of amides is 2. The van der Waals surface area contributed by atoms with E-state index in [0.29, 0.717) is 49.2 Å². The fraction of sp³-hybridized carbons (Fsp3) is 0.364. The molecule has 0 spiro atoms. The molecule has 0 radical (unpaired) electrons. The minimum absolute atomic E-state index is 0.0226. The van der Waals surface area contributed by atoms with Crippen molar-refractivity contribution < 1.29 is 14.3 Å². The summed E-state index contributed by atoms with van der Waals surface area (Å²) in [6.07, 6.45) is 13.6. The monoisotopic (exact) mass is 577 g/mol. The molecule has 2 saturated carbocycles. The molecule has 4 N–H and O–H groups in total. The van der Waals surface area contributed by atoms with Gasteiger partial charge in [0.05, 0.1) is 25.1 Å². The van der Waals surface area contributed by atoms with Crippen LogP contribution in [-0.2, 0) is 9.53 Å². The number of nitrogens with two attached hydrogens (primary N) is 1. The number of fused-ring (bicyclic) bond motifs is 3. The van der Waals surface area contributed by atoms with Gasteiger partial charge in [0.25, 0.3) is 5.91 Å². The smallest absolute Gasteiger partial charge is 0.256 e. The van der Waals surface area contributed by atoms with E-state index in [-0.39, 0.29) is 23.8 Å². The molecule has 1 aliphatic heterocycles. The molecule has 1 aromatic carbocycles. The third-order valence-corrected chi connectivity index (χ3v) is 8.59. The number of ether oxygens (including phenoxy) is 1. The summed E-state index contributed by atoms with van der Waals surface area (Å²) in [6, 6.07) is 11.5. The molecular formula is C33H35N7O3. The van der Waals surface area contributed by atoms with Gasteiger partial charge in [-0.3, -0.25) is 14.0 Å². The molecule has 0 unspecified atom stereocenters. The molecule has 0 saturated heterocycles. The lowest BCUT2D eigenvalue weighted by Crippen LogP contribution is -2.33. The number of imidazole rings is 1. The van der Waals surface area contributed by atoms with Crippen LogP contribution in [0.2, 0.25) is 0 Å². The molecule has 2 bridgehead atoms. The van der Waals surface area contributed by atoms with Gasteiger partial charge in [-0.25, -0.2) is 15.0 Å². The highest BCUT2D eigenvalue weighted by atomic mass is 16.5. The summed E-state index contributed by atoms with van der Waals surface area (Å²) in [4.78, 5) is 39.6. The molecule has 10 nitrogen and oxygen atoms in total. The number of hydrogen-bond donors (Lipinski definition) is 3. The van der Waals surface area contributed by atoms with Crippen LogP contribution in [0.3, 0.4) is 0 Å². The standard InChI is InChI=1S/C33H35N7O3/c34-31-30-29(21-6-8-22(9-7-21)33(42)38-27-18-23(12-14-35-27)20-4-5-20)39-32-24-10-11-25(17-24)37-28(41)13-16-43-15-2-1-3-26(19-36-31)40(30)32/h1,3,6-9,12,14,18-20,24-25H,2,4-5,10-11,13,15-17H2,(H2,34,36)(H,37,41)(H,35,38,42)/b3-1+/t24-,25-/m1/s1. The van der Waals surface area contributed by atoms with Crippen molar-refractivity contribution in [2.75, 3.05) is 24.3 Å². The van der Waals surface area contributed by atoms with Crippen LogP contribution in [0.4, 0.5) is 11.6 Å². The number of rotatable bonds is 4. The molecule has 10 heteroatoms. The molecule has 7 rings (SSSR count). The van der Waals surface area contributed by atoms with Crippen molar-refractivity contribution in [3.8, 4) is 11.3 Å². The van der Waals surface area contributed by atoms with E-state index in [2.05, 4.69) is 31.1 Å². The first kappa shape index (κ1) is 27.3. The van der Waals surface area contributed by atoms with Gasteiger partial charge in [-0.15, -0.1) is 0 Å². The normalized spacial score (nSPS) is 21.5. The van der Waals surface area contributed by atoms with Gasteiger partial charge in [-0.2, -0.15) is 0 Å². The number of pyridine rings is 1. The van der Waals surface area contributed by atoms with Gasteiger partial charge in [0, 0.05) is 35.7 Å². The zero-order chi connectivity index (χ0) is 29.3. The highest BCUT2D eigenvalue weighted by Crippen LogP contribution is 2.41. The Morgan fingerprint density at radius 1 is 1.05 bits per heavy atom. The van der Waals surface area contributed by atoms with Crippen molar-refractivity contribution in [3.63, 3.8) is 0 Å². The number of anilines is 2. The molecule has 4 aromatic rings. The van der Waals surface area contributed by atoms with Crippen molar-refractivity contribution >= 4 is 35.0 Å². The van der Waals surface area contributed by atoms with Crippen molar-refractivity contribution in [2.45, 2.75) is 62.8 Å². The maximum absolute atomic E-state index is 13.1. The Balaban J connectivity index is 1.22. The van der Waals surface area contributed by atoms with Crippen LogP contribution >= 0.6 is 0 Å². The number of carbonyl (C=O) groups excluding carboxylic acids is 2. The average Bonchev–Trinajstić information content (AvgIpc) is 3.64. The van der Waals surface area contributed by atoms with E-state index in [0.717, 1.165) is 47.6 Å². The largest absolute Gasteiger partial charge is 0.382 e. The van der Waals surface area contributed by atoms with E-state index in [1.54, 1.807) is 24.5 Å². The first-order chi connectivity index (χ1) is 21.0. The number of benzene rings is 1. The van der Waals surface area contributed by atoms with Crippen molar-refractivity contribution in [1.29, 1.82) is 0 Å². The van der Waals surface area contributed by atoms with Crippen LogP contribution in [-0.4, -0.2) is 50.4 Å². The van der Waals surface area contributed by atoms with E-state index in [1.165, 1.54) is 18.4 Å². The Labute approximate surface area is 249 Å². The first-order valence-corrected chi connectivity index (χ1v) is 15.1. The molecule has 3 aromatic heterocycles. The molecule has 220 valence electrons. The van der Waals surface area contributed by atoms with Crippen LogP contribution < -0.4 is 16.4 Å². The highest BCUT2D eigenvalue weighted by Gasteiger charge is 2.32. The number of nitrogen functional groups attached to an aromatic ring is 1. The summed E-state index contributed by atoms with van der Waals surface area (Å²) in [6.45, 7) is 0.949. The molecule has 2 amide bonds. The minimum atomic E-state index is -0.216. The van der Waals surface area contributed by atoms with Crippen LogP contribution in [0, 0.1) is 0 Å².